The summed E-state index contributed by atoms with van der Waals surface area (Å²) in [4.78, 5) is 35.7. The summed E-state index contributed by atoms with van der Waals surface area (Å²) in [5.41, 5.74) is 0.143. The highest BCUT2D eigenvalue weighted by Crippen LogP contribution is 2.36. The molecule has 1 saturated heterocycles. The number of halogens is 3. The molecule has 5 rings (SSSR count). The Balaban J connectivity index is 1.33. The zero-order valence-corrected chi connectivity index (χ0v) is 20.3. The first-order valence-electron chi connectivity index (χ1n) is 11.4. The standard InChI is InChI=1S/C25H23F3N4O3S/c1-12-7-18(23(34)24-30-16-5-3-4-6-19(16)36-24)32(10-12)20(33)11-31(2)25(35)17-8-13-14(26)9-15(27)21(28)22(13)29-17/h3-6,8-9,12,18,23,29,34H,7,10-11H2,1-2H3. The zero-order chi connectivity index (χ0) is 25.7. The number of carbonyl (C=O) groups excluding carboxylic acids is 2. The van der Waals surface area contributed by atoms with Gasteiger partial charge in [0.15, 0.2) is 11.6 Å². The molecule has 2 amide bonds. The number of aliphatic hydroxyl groups is 1. The Bertz CT molecular complexity index is 1450. The Morgan fingerprint density at radius 1 is 1.25 bits per heavy atom. The highest BCUT2D eigenvalue weighted by molar-refractivity contribution is 7.18. The van der Waals surface area contributed by atoms with Gasteiger partial charge in [-0.15, -0.1) is 11.3 Å². The maximum Gasteiger partial charge on any atom is 0.270 e. The molecule has 2 aromatic carbocycles. The number of aromatic amines is 1. The van der Waals surface area contributed by atoms with E-state index in [2.05, 4.69) is 9.97 Å². The highest BCUT2D eigenvalue weighted by atomic mass is 32.1. The van der Waals surface area contributed by atoms with E-state index >= 15 is 0 Å². The third-order valence-corrected chi connectivity index (χ3v) is 7.62. The number of thiazole rings is 1. The van der Waals surface area contributed by atoms with Crippen molar-refractivity contribution in [1.29, 1.82) is 0 Å². The molecule has 1 fully saturated rings. The van der Waals surface area contributed by atoms with Crippen LogP contribution in [-0.2, 0) is 4.79 Å². The van der Waals surface area contributed by atoms with E-state index in [-0.39, 0.29) is 29.4 Å². The zero-order valence-electron chi connectivity index (χ0n) is 19.5. The number of aliphatic hydroxyl groups excluding tert-OH is 1. The molecule has 2 aromatic heterocycles. The van der Waals surface area contributed by atoms with Crippen LogP contribution in [0, 0.1) is 23.4 Å². The van der Waals surface area contributed by atoms with Gasteiger partial charge in [0.2, 0.25) is 5.91 Å². The first-order chi connectivity index (χ1) is 17.1. The van der Waals surface area contributed by atoms with E-state index in [1.54, 1.807) is 4.90 Å². The molecular weight excluding hydrogens is 493 g/mol. The average molecular weight is 517 g/mol. The molecule has 36 heavy (non-hydrogen) atoms. The van der Waals surface area contributed by atoms with Crippen molar-refractivity contribution in [2.75, 3.05) is 20.1 Å². The second-order valence-electron chi connectivity index (χ2n) is 9.21. The molecule has 11 heteroatoms. The van der Waals surface area contributed by atoms with Gasteiger partial charge in [0.25, 0.3) is 5.91 Å². The van der Waals surface area contributed by atoms with E-state index in [1.165, 1.54) is 18.4 Å². The van der Waals surface area contributed by atoms with Crippen LogP contribution in [0.4, 0.5) is 13.2 Å². The maximum absolute atomic E-state index is 14.0. The molecule has 3 unspecified atom stereocenters. The number of para-hydroxylation sites is 1. The molecule has 0 radical (unpaired) electrons. The number of nitrogens with zero attached hydrogens (tertiary/aromatic N) is 3. The summed E-state index contributed by atoms with van der Waals surface area (Å²) in [6.45, 7) is 2.08. The van der Waals surface area contributed by atoms with E-state index < -0.39 is 41.0 Å². The van der Waals surface area contributed by atoms with Crippen molar-refractivity contribution < 1.29 is 27.9 Å². The number of likely N-dealkylation sites (N-methyl/N-ethyl adjacent to an activating group) is 1. The minimum atomic E-state index is -1.37. The van der Waals surface area contributed by atoms with Crippen molar-refractivity contribution in [2.45, 2.75) is 25.5 Å². The normalized spacial score (nSPS) is 18.8. The van der Waals surface area contributed by atoms with Crippen LogP contribution >= 0.6 is 11.3 Å². The molecule has 1 aliphatic rings. The number of benzene rings is 2. The van der Waals surface area contributed by atoms with Crippen LogP contribution in [0.2, 0.25) is 0 Å². The number of amides is 2. The first-order valence-corrected chi connectivity index (χ1v) is 12.2. The van der Waals surface area contributed by atoms with E-state index in [4.69, 9.17) is 0 Å². The molecule has 1 aliphatic heterocycles. The average Bonchev–Trinajstić information content (AvgIpc) is 3.58. The predicted octanol–water partition coefficient (Wildman–Crippen LogP) is 4.24. The van der Waals surface area contributed by atoms with Gasteiger partial charge in [0, 0.05) is 25.0 Å². The Kier molecular flexibility index (Phi) is 6.21. The number of carbonyl (C=O) groups is 2. The highest BCUT2D eigenvalue weighted by Gasteiger charge is 2.39. The van der Waals surface area contributed by atoms with Crippen LogP contribution in [0.1, 0.15) is 34.9 Å². The molecule has 4 aromatic rings. The van der Waals surface area contributed by atoms with Gasteiger partial charge in [-0.3, -0.25) is 9.59 Å². The minimum absolute atomic E-state index is 0.138. The fourth-order valence-corrected chi connectivity index (χ4v) is 5.74. The second-order valence-corrected chi connectivity index (χ2v) is 10.3. The van der Waals surface area contributed by atoms with E-state index in [0.29, 0.717) is 24.0 Å². The molecular formula is C25H23F3N4O3S. The minimum Gasteiger partial charge on any atom is -0.384 e. The maximum atomic E-state index is 14.0. The molecule has 0 spiro atoms. The van der Waals surface area contributed by atoms with Gasteiger partial charge in [-0.1, -0.05) is 19.1 Å². The van der Waals surface area contributed by atoms with Crippen LogP contribution in [0.3, 0.4) is 0 Å². The molecule has 188 valence electrons. The Labute approximate surface area is 208 Å². The number of nitrogens with one attached hydrogen (secondary N) is 1. The van der Waals surface area contributed by atoms with Crippen LogP contribution in [-0.4, -0.2) is 62.9 Å². The third kappa shape index (κ3) is 4.22. The van der Waals surface area contributed by atoms with Crippen molar-refractivity contribution in [3.05, 3.63) is 64.6 Å². The molecule has 0 saturated carbocycles. The monoisotopic (exact) mass is 516 g/mol. The van der Waals surface area contributed by atoms with Gasteiger partial charge < -0.3 is 19.9 Å². The topological polar surface area (TPSA) is 89.5 Å². The lowest BCUT2D eigenvalue weighted by Gasteiger charge is -2.29. The van der Waals surface area contributed by atoms with Gasteiger partial charge in [0.05, 0.1) is 28.3 Å². The molecule has 2 N–H and O–H groups in total. The number of rotatable bonds is 5. The largest absolute Gasteiger partial charge is 0.384 e. The summed E-state index contributed by atoms with van der Waals surface area (Å²) in [7, 11) is 1.39. The summed E-state index contributed by atoms with van der Waals surface area (Å²) < 4.78 is 42.6. The van der Waals surface area contributed by atoms with Gasteiger partial charge in [-0.05, 0) is 30.5 Å². The van der Waals surface area contributed by atoms with Crippen LogP contribution in [0.15, 0.2) is 36.4 Å². The van der Waals surface area contributed by atoms with Gasteiger partial charge in [-0.25, -0.2) is 18.2 Å². The number of H-pyrrole nitrogens is 1. The van der Waals surface area contributed by atoms with Crippen LogP contribution in [0.25, 0.3) is 21.1 Å². The summed E-state index contributed by atoms with van der Waals surface area (Å²) >= 11 is 1.37. The van der Waals surface area contributed by atoms with Gasteiger partial charge in [-0.2, -0.15) is 0 Å². The molecule has 7 nitrogen and oxygen atoms in total. The fourth-order valence-electron chi connectivity index (χ4n) is 4.73. The van der Waals surface area contributed by atoms with Crippen molar-refractivity contribution in [2.24, 2.45) is 5.92 Å². The summed E-state index contributed by atoms with van der Waals surface area (Å²) in [5, 5.41) is 11.4. The Morgan fingerprint density at radius 3 is 2.75 bits per heavy atom. The lowest BCUT2D eigenvalue weighted by atomic mass is 10.0. The summed E-state index contributed by atoms with van der Waals surface area (Å²) in [6, 6.07) is 8.54. The van der Waals surface area contributed by atoms with Crippen molar-refractivity contribution >= 4 is 44.3 Å². The molecule has 0 bridgehead atoms. The van der Waals surface area contributed by atoms with Gasteiger partial charge >= 0.3 is 0 Å². The van der Waals surface area contributed by atoms with Crippen molar-refractivity contribution in [1.82, 2.24) is 19.8 Å². The van der Waals surface area contributed by atoms with Crippen LogP contribution in [0.5, 0.6) is 0 Å². The number of hydrogen-bond acceptors (Lipinski definition) is 5. The SMILES string of the molecule is CC1CC(C(O)c2nc3ccccc3s2)N(C(=O)CN(C)C(=O)c2cc3c(F)cc(F)c(F)c3[nH]2)C1. The number of likely N-dealkylation sites (tertiary alicyclic amines) is 1. The molecule has 3 atom stereocenters. The molecule has 3 heterocycles. The first kappa shape index (κ1) is 24.3. The lowest BCUT2D eigenvalue weighted by molar-refractivity contribution is -0.134. The molecule has 0 aliphatic carbocycles. The summed E-state index contributed by atoms with van der Waals surface area (Å²) in [6.07, 6.45) is -0.404. The number of fused-ring (bicyclic) bond motifs is 2. The van der Waals surface area contributed by atoms with Gasteiger partial charge in [0.1, 0.15) is 22.6 Å². The quantitative estimate of drug-likeness (QED) is 0.389. The van der Waals surface area contributed by atoms with Crippen molar-refractivity contribution in [3.8, 4) is 0 Å². The predicted molar refractivity (Wildman–Crippen MR) is 129 cm³/mol. The van der Waals surface area contributed by atoms with Crippen molar-refractivity contribution in [3.63, 3.8) is 0 Å². The third-order valence-electron chi connectivity index (χ3n) is 6.51. The smallest absolute Gasteiger partial charge is 0.270 e. The fraction of sp³-hybridized carbons (Fsp3) is 0.320. The van der Waals surface area contributed by atoms with Crippen LogP contribution < -0.4 is 0 Å². The number of aromatic nitrogens is 2. The Hall–Kier alpha value is -3.44. The lowest BCUT2D eigenvalue weighted by Crippen LogP contribution is -2.45. The summed E-state index contributed by atoms with van der Waals surface area (Å²) in [5.74, 6) is -4.59. The Morgan fingerprint density at radius 2 is 2.00 bits per heavy atom. The second kappa shape index (κ2) is 9.21. The number of hydrogen-bond donors (Lipinski definition) is 2. The van der Waals surface area contributed by atoms with E-state index in [9.17, 15) is 27.9 Å². The van der Waals surface area contributed by atoms with E-state index in [0.717, 1.165) is 21.2 Å². The van der Waals surface area contributed by atoms with E-state index in [1.807, 2.05) is 31.2 Å².